The highest BCUT2D eigenvalue weighted by Crippen LogP contribution is 2.12. The molecule has 1 atom stereocenters. The van der Waals surface area contributed by atoms with E-state index >= 15 is 0 Å². The standard InChI is InChI=1S/C8H12N3O5/c1-3(12)11-6(7(10)14)4(8(15)16)2-5(9)13/h6H,2H2,1H3,(H2,9,13)(H2,10,14)(H,11,12)(H,15,16). The average molecular weight is 230 g/mol. The lowest BCUT2D eigenvalue weighted by Crippen LogP contribution is -2.50. The molecule has 3 amide bonds. The maximum Gasteiger partial charge on any atom is 0.314 e. The van der Waals surface area contributed by atoms with Gasteiger partial charge >= 0.3 is 5.97 Å². The Morgan fingerprint density at radius 2 is 1.75 bits per heavy atom. The molecule has 0 saturated heterocycles. The summed E-state index contributed by atoms with van der Waals surface area (Å²) < 4.78 is 0. The molecule has 0 saturated carbocycles. The quantitative estimate of drug-likeness (QED) is 0.397. The summed E-state index contributed by atoms with van der Waals surface area (Å²) in [4.78, 5) is 43.0. The van der Waals surface area contributed by atoms with Gasteiger partial charge in [-0.2, -0.15) is 0 Å². The lowest BCUT2D eigenvalue weighted by atomic mass is 9.95. The molecule has 0 aliphatic rings. The van der Waals surface area contributed by atoms with Gasteiger partial charge in [-0.15, -0.1) is 0 Å². The zero-order valence-electron chi connectivity index (χ0n) is 8.52. The Bertz CT molecular complexity index is 296. The van der Waals surface area contributed by atoms with Crippen LogP contribution in [0.1, 0.15) is 13.3 Å². The molecule has 1 unspecified atom stereocenters. The zero-order chi connectivity index (χ0) is 12.9. The minimum absolute atomic E-state index is 0.560. The highest BCUT2D eigenvalue weighted by atomic mass is 16.4. The molecule has 6 N–H and O–H groups in total. The summed E-state index contributed by atoms with van der Waals surface area (Å²) in [6.07, 6.45) is -0.663. The number of carbonyl (C=O) groups is 4. The van der Waals surface area contributed by atoms with Gasteiger partial charge in [0.15, 0.2) is 0 Å². The number of aliphatic carboxylic acids is 1. The lowest BCUT2D eigenvalue weighted by Gasteiger charge is -2.19. The second-order valence-electron chi connectivity index (χ2n) is 3.01. The molecule has 0 aliphatic heterocycles. The molecule has 8 heteroatoms. The predicted octanol–water partition coefficient (Wildman–Crippen LogP) is -2.49. The Morgan fingerprint density at radius 1 is 1.25 bits per heavy atom. The van der Waals surface area contributed by atoms with Crippen molar-refractivity contribution >= 4 is 23.7 Å². The van der Waals surface area contributed by atoms with Gasteiger partial charge in [0, 0.05) is 13.3 Å². The monoisotopic (exact) mass is 230 g/mol. The highest BCUT2D eigenvalue weighted by Gasteiger charge is 2.35. The van der Waals surface area contributed by atoms with E-state index in [1.807, 2.05) is 5.32 Å². The highest BCUT2D eigenvalue weighted by molar-refractivity contribution is 6.00. The van der Waals surface area contributed by atoms with Gasteiger partial charge in [0.2, 0.25) is 17.7 Å². The molecule has 0 spiro atoms. The topological polar surface area (TPSA) is 153 Å². The first kappa shape index (κ1) is 13.9. The third-order valence-electron chi connectivity index (χ3n) is 1.62. The van der Waals surface area contributed by atoms with E-state index in [1.54, 1.807) is 0 Å². The first-order valence-corrected chi connectivity index (χ1v) is 4.19. The van der Waals surface area contributed by atoms with E-state index in [0.29, 0.717) is 0 Å². The lowest BCUT2D eigenvalue weighted by molar-refractivity contribution is -0.139. The van der Waals surface area contributed by atoms with E-state index < -0.39 is 42.1 Å². The summed E-state index contributed by atoms with van der Waals surface area (Å²) in [7, 11) is 0. The van der Waals surface area contributed by atoms with Crippen molar-refractivity contribution in [1.82, 2.24) is 5.32 Å². The van der Waals surface area contributed by atoms with Crippen LogP contribution in [0.25, 0.3) is 0 Å². The first-order valence-electron chi connectivity index (χ1n) is 4.19. The number of primary amides is 2. The van der Waals surface area contributed by atoms with Gasteiger partial charge in [-0.3, -0.25) is 19.2 Å². The molecule has 89 valence electrons. The Balaban J connectivity index is 4.93. The SMILES string of the molecule is CC(=O)NC([C](CC(N)=O)C(=O)O)C(N)=O. The molecule has 1 radical (unpaired) electrons. The van der Waals surface area contributed by atoms with Gasteiger partial charge in [0.1, 0.15) is 12.0 Å². The number of nitrogens with two attached hydrogens (primary N) is 2. The molecule has 0 aliphatic carbocycles. The summed E-state index contributed by atoms with van der Waals surface area (Å²) in [5, 5.41) is 10.8. The Morgan fingerprint density at radius 3 is 2.00 bits per heavy atom. The minimum atomic E-state index is -1.54. The van der Waals surface area contributed by atoms with Crippen molar-refractivity contribution in [2.75, 3.05) is 0 Å². The summed E-state index contributed by atoms with van der Waals surface area (Å²) in [6.45, 7) is 1.08. The molecule has 0 aromatic rings. The number of carbonyl (C=O) groups excluding carboxylic acids is 3. The van der Waals surface area contributed by atoms with Gasteiger partial charge in [-0.25, -0.2) is 0 Å². The zero-order valence-corrected chi connectivity index (χ0v) is 8.52. The molecule has 0 aromatic carbocycles. The van der Waals surface area contributed by atoms with Crippen molar-refractivity contribution in [2.24, 2.45) is 11.5 Å². The maximum absolute atomic E-state index is 10.9. The molecule has 0 heterocycles. The van der Waals surface area contributed by atoms with E-state index in [2.05, 4.69) is 0 Å². The van der Waals surface area contributed by atoms with Crippen LogP contribution in [0.4, 0.5) is 0 Å². The number of carboxylic acids is 1. The Labute approximate surface area is 91.0 Å². The van der Waals surface area contributed by atoms with Crippen LogP contribution in [0, 0.1) is 5.92 Å². The molecular weight excluding hydrogens is 218 g/mol. The van der Waals surface area contributed by atoms with Crippen molar-refractivity contribution in [3.8, 4) is 0 Å². The number of carboxylic acid groups (broad SMARTS) is 1. The van der Waals surface area contributed by atoms with Crippen molar-refractivity contribution < 1.29 is 24.3 Å². The van der Waals surface area contributed by atoms with Crippen LogP contribution in [-0.4, -0.2) is 34.8 Å². The smallest absolute Gasteiger partial charge is 0.314 e. The van der Waals surface area contributed by atoms with Crippen molar-refractivity contribution in [2.45, 2.75) is 19.4 Å². The van der Waals surface area contributed by atoms with Crippen LogP contribution in [-0.2, 0) is 19.2 Å². The number of rotatable bonds is 6. The second kappa shape index (κ2) is 5.69. The summed E-state index contributed by atoms with van der Waals surface area (Å²) in [5.74, 6) is -4.73. The van der Waals surface area contributed by atoms with Crippen LogP contribution in [0.15, 0.2) is 0 Å². The number of nitrogens with one attached hydrogen (secondary N) is 1. The first-order chi connectivity index (χ1) is 7.25. The third kappa shape index (κ3) is 4.40. The van der Waals surface area contributed by atoms with Gasteiger partial charge < -0.3 is 21.9 Å². The third-order valence-corrected chi connectivity index (χ3v) is 1.62. The largest absolute Gasteiger partial charge is 0.481 e. The number of hydrogen-bond acceptors (Lipinski definition) is 4. The molecular formula is C8H12N3O5. The fraction of sp³-hybridized carbons (Fsp3) is 0.375. The molecule has 0 rings (SSSR count). The molecule has 0 bridgehead atoms. The molecule has 0 aromatic heterocycles. The van der Waals surface area contributed by atoms with Crippen molar-refractivity contribution in [3.05, 3.63) is 5.92 Å². The molecule has 16 heavy (non-hydrogen) atoms. The fourth-order valence-corrected chi connectivity index (χ4v) is 1.02. The predicted molar refractivity (Wildman–Crippen MR) is 51.5 cm³/mol. The van der Waals surface area contributed by atoms with Gasteiger partial charge in [0.25, 0.3) is 0 Å². The van der Waals surface area contributed by atoms with Gasteiger partial charge in [0.05, 0.1) is 0 Å². The summed E-state index contributed by atoms with van der Waals surface area (Å²) in [6, 6.07) is -1.54. The number of hydrogen-bond donors (Lipinski definition) is 4. The van der Waals surface area contributed by atoms with Crippen LogP contribution in [0.3, 0.4) is 0 Å². The molecule has 0 fully saturated rings. The molecule has 8 nitrogen and oxygen atoms in total. The summed E-state index contributed by atoms with van der Waals surface area (Å²) in [5.41, 5.74) is 9.72. The van der Waals surface area contributed by atoms with Crippen LogP contribution < -0.4 is 16.8 Å². The van der Waals surface area contributed by atoms with Gasteiger partial charge in [-0.1, -0.05) is 0 Å². The van der Waals surface area contributed by atoms with Crippen molar-refractivity contribution in [1.29, 1.82) is 0 Å². The maximum atomic E-state index is 10.9. The van der Waals surface area contributed by atoms with Crippen LogP contribution in [0.5, 0.6) is 0 Å². The van der Waals surface area contributed by atoms with Crippen molar-refractivity contribution in [3.63, 3.8) is 0 Å². The van der Waals surface area contributed by atoms with E-state index in [0.717, 1.165) is 6.92 Å². The van der Waals surface area contributed by atoms with Gasteiger partial charge in [-0.05, 0) is 0 Å². The normalized spacial score (nSPS) is 11.9. The number of amides is 3. The minimum Gasteiger partial charge on any atom is -0.481 e. The van der Waals surface area contributed by atoms with E-state index in [4.69, 9.17) is 16.6 Å². The average Bonchev–Trinajstić information content (AvgIpc) is 2.09. The van der Waals surface area contributed by atoms with E-state index in [9.17, 15) is 19.2 Å². The summed E-state index contributed by atoms with van der Waals surface area (Å²) >= 11 is 0. The Kier molecular flexibility index (Phi) is 4.93. The second-order valence-corrected chi connectivity index (χ2v) is 3.01. The Hall–Kier alpha value is -2.12. The van der Waals surface area contributed by atoms with E-state index in [-0.39, 0.29) is 0 Å². The van der Waals surface area contributed by atoms with Crippen LogP contribution in [0.2, 0.25) is 0 Å². The van der Waals surface area contributed by atoms with Crippen LogP contribution >= 0.6 is 0 Å². The fourth-order valence-electron chi connectivity index (χ4n) is 1.02. The van der Waals surface area contributed by atoms with E-state index in [1.165, 1.54) is 0 Å².